The van der Waals surface area contributed by atoms with Crippen LogP contribution < -0.4 is 5.32 Å². The van der Waals surface area contributed by atoms with Crippen LogP contribution in [0.5, 0.6) is 0 Å². The Morgan fingerprint density at radius 2 is 1.94 bits per heavy atom. The van der Waals surface area contributed by atoms with Gasteiger partial charge in [-0.3, -0.25) is 4.79 Å². The normalized spacial score (nSPS) is 14.2. The number of rotatable bonds is 4. The summed E-state index contributed by atoms with van der Waals surface area (Å²) in [5.74, 6) is 0.493. The van der Waals surface area contributed by atoms with Gasteiger partial charge in [0.2, 0.25) is 0 Å². The van der Waals surface area contributed by atoms with Gasteiger partial charge in [-0.15, -0.1) is 0 Å². The average Bonchev–Trinajstić information content (AvgIpc) is 2.77. The second-order valence-electron chi connectivity index (χ2n) is 4.46. The van der Waals surface area contributed by atoms with Crippen molar-refractivity contribution < 1.29 is 4.79 Å². The molecule has 0 saturated carbocycles. The lowest BCUT2D eigenvalue weighted by molar-refractivity contribution is 0.0913. The van der Waals surface area contributed by atoms with Crippen molar-refractivity contribution in [1.82, 2.24) is 5.32 Å². The van der Waals surface area contributed by atoms with Crippen LogP contribution in [-0.4, -0.2) is 5.78 Å². The summed E-state index contributed by atoms with van der Waals surface area (Å²) in [5, 5.41) is 3.30. The zero-order valence-corrected chi connectivity index (χ0v) is 10.0. The Balaban J connectivity index is 2.24. The lowest BCUT2D eigenvalue weighted by Gasteiger charge is -2.11. The van der Waals surface area contributed by atoms with E-state index in [-0.39, 0.29) is 5.92 Å². The van der Waals surface area contributed by atoms with Crippen LogP contribution in [0.2, 0.25) is 0 Å². The Bertz CT molecular complexity index is 394. The van der Waals surface area contributed by atoms with Crippen LogP contribution in [0.1, 0.15) is 48.2 Å². The van der Waals surface area contributed by atoms with Crippen molar-refractivity contribution in [3.05, 3.63) is 34.9 Å². The maximum Gasteiger partial charge on any atom is 0.165 e. The molecule has 16 heavy (non-hydrogen) atoms. The van der Waals surface area contributed by atoms with Crippen LogP contribution >= 0.6 is 0 Å². The van der Waals surface area contributed by atoms with Crippen LogP contribution in [0.3, 0.4) is 0 Å². The van der Waals surface area contributed by atoms with E-state index in [0.717, 1.165) is 31.5 Å². The molecule has 2 heteroatoms. The summed E-state index contributed by atoms with van der Waals surface area (Å²) >= 11 is 0. The van der Waals surface area contributed by atoms with Gasteiger partial charge in [-0.25, -0.2) is 0 Å². The molecule has 2 rings (SSSR count). The number of carbonyl (C=O) groups excluding carboxylic acids is 1. The fourth-order valence-electron chi connectivity index (χ4n) is 2.34. The summed E-state index contributed by atoms with van der Waals surface area (Å²) in [6, 6.07) is 6.13. The van der Waals surface area contributed by atoms with Gasteiger partial charge in [0.05, 0.1) is 0 Å². The Morgan fingerprint density at radius 3 is 2.62 bits per heavy atom. The third-order valence-electron chi connectivity index (χ3n) is 3.48. The molecule has 1 aromatic carbocycles. The molecule has 0 spiro atoms. The quantitative estimate of drug-likeness (QED) is 0.786. The molecule has 1 aliphatic rings. The lowest BCUT2D eigenvalue weighted by Crippen LogP contribution is -2.13. The minimum atomic E-state index is 0.187. The Kier molecular flexibility index (Phi) is 3.39. The molecule has 1 N–H and O–H groups in total. The zero-order valence-electron chi connectivity index (χ0n) is 10.0. The van der Waals surface area contributed by atoms with Gasteiger partial charge in [0.15, 0.2) is 5.78 Å². The number of carbonyl (C=O) groups is 1. The number of Topliss-reactive ketones (excluding diaryl/α,β-unsaturated/α-hetero) is 1. The number of fused-ring (bicyclic) bond motifs is 1. The third kappa shape index (κ3) is 2.03. The summed E-state index contributed by atoms with van der Waals surface area (Å²) in [7, 11) is 0. The van der Waals surface area contributed by atoms with Crippen LogP contribution in [0.25, 0.3) is 0 Å². The van der Waals surface area contributed by atoms with E-state index in [9.17, 15) is 4.79 Å². The highest BCUT2D eigenvalue weighted by molar-refractivity contribution is 5.98. The highest BCUT2D eigenvalue weighted by Gasteiger charge is 2.18. The maximum atomic E-state index is 12.2. The van der Waals surface area contributed by atoms with Crippen molar-refractivity contribution in [3.63, 3.8) is 0 Å². The van der Waals surface area contributed by atoms with Gasteiger partial charge in [-0.1, -0.05) is 26.0 Å². The molecule has 2 nitrogen and oxygen atoms in total. The monoisotopic (exact) mass is 217 g/mol. The second kappa shape index (κ2) is 4.79. The summed E-state index contributed by atoms with van der Waals surface area (Å²) in [6.07, 6.45) is 1.87. The molecule has 0 atom stereocenters. The van der Waals surface area contributed by atoms with Gasteiger partial charge in [-0.05, 0) is 30.0 Å². The van der Waals surface area contributed by atoms with Crippen molar-refractivity contribution in [3.8, 4) is 0 Å². The van der Waals surface area contributed by atoms with Crippen molar-refractivity contribution in [1.29, 1.82) is 0 Å². The van der Waals surface area contributed by atoms with E-state index in [2.05, 4.69) is 31.3 Å². The Labute approximate surface area is 97.1 Å². The summed E-state index contributed by atoms with van der Waals surface area (Å²) in [6.45, 7) is 6.01. The van der Waals surface area contributed by atoms with Gasteiger partial charge in [0.25, 0.3) is 0 Å². The van der Waals surface area contributed by atoms with E-state index in [1.165, 1.54) is 11.1 Å². The predicted octanol–water partition coefficient (Wildman–Crippen LogP) is 2.91. The second-order valence-corrected chi connectivity index (χ2v) is 4.46. The number of ketones is 1. The number of hydrogen-bond donors (Lipinski definition) is 1. The summed E-state index contributed by atoms with van der Waals surface area (Å²) in [5.41, 5.74) is 3.51. The molecule has 1 heterocycles. The van der Waals surface area contributed by atoms with E-state index in [4.69, 9.17) is 0 Å². The minimum absolute atomic E-state index is 0.187. The van der Waals surface area contributed by atoms with Crippen molar-refractivity contribution in [2.24, 2.45) is 5.92 Å². The molecule has 0 amide bonds. The average molecular weight is 217 g/mol. The topological polar surface area (TPSA) is 29.1 Å². The SMILES string of the molecule is CCC(CC)C(=O)c1ccc2c(c1)CNC2. The zero-order chi connectivity index (χ0) is 11.5. The molecule has 0 saturated heterocycles. The van der Waals surface area contributed by atoms with Crippen molar-refractivity contribution >= 4 is 5.78 Å². The van der Waals surface area contributed by atoms with E-state index in [0.29, 0.717) is 5.78 Å². The first kappa shape index (κ1) is 11.3. The molecular weight excluding hydrogens is 198 g/mol. The van der Waals surface area contributed by atoms with Crippen LogP contribution in [0, 0.1) is 5.92 Å². The van der Waals surface area contributed by atoms with Crippen molar-refractivity contribution in [2.75, 3.05) is 0 Å². The predicted molar refractivity (Wildman–Crippen MR) is 65.4 cm³/mol. The molecular formula is C14H19NO. The fourth-order valence-corrected chi connectivity index (χ4v) is 2.34. The van der Waals surface area contributed by atoms with E-state index >= 15 is 0 Å². The first-order valence-corrected chi connectivity index (χ1v) is 6.13. The molecule has 0 radical (unpaired) electrons. The van der Waals surface area contributed by atoms with Crippen LogP contribution in [0.4, 0.5) is 0 Å². The smallest absolute Gasteiger partial charge is 0.165 e. The molecule has 0 unspecified atom stereocenters. The summed E-state index contributed by atoms with van der Waals surface area (Å²) in [4.78, 5) is 12.2. The summed E-state index contributed by atoms with van der Waals surface area (Å²) < 4.78 is 0. The Hall–Kier alpha value is -1.15. The molecule has 0 fully saturated rings. The molecule has 1 aliphatic heterocycles. The minimum Gasteiger partial charge on any atom is -0.309 e. The lowest BCUT2D eigenvalue weighted by atomic mass is 9.91. The maximum absolute atomic E-state index is 12.2. The van der Waals surface area contributed by atoms with E-state index in [1.807, 2.05) is 6.07 Å². The standard InChI is InChI=1S/C14H19NO/c1-3-10(4-2)14(16)11-5-6-12-8-15-9-13(12)7-11/h5-7,10,15H,3-4,8-9H2,1-2H3. The molecule has 0 aliphatic carbocycles. The number of nitrogens with one attached hydrogen (secondary N) is 1. The number of hydrogen-bond acceptors (Lipinski definition) is 2. The third-order valence-corrected chi connectivity index (χ3v) is 3.48. The molecule has 86 valence electrons. The Morgan fingerprint density at radius 1 is 1.25 bits per heavy atom. The highest BCUT2D eigenvalue weighted by atomic mass is 16.1. The van der Waals surface area contributed by atoms with Crippen LogP contribution in [0.15, 0.2) is 18.2 Å². The number of benzene rings is 1. The van der Waals surface area contributed by atoms with Crippen molar-refractivity contribution in [2.45, 2.75) is 39.8 Å². The molecule has 0 bridgehead atoms. The van der Waals surface area contributed by atoms with Crippen LogP contribution in [-0.2, 0) is 13.1 Å². The molecule has 1 aromatic rings. The first-order valence-electron chi connectivity index (χ1n) is 6.13. The van der Waals surface area contributed by atoms with Gasteiger partial charge < -0.3 is 5.32 Å². The van der Waals surface area contributed by atoms with Gasteiger partial charge in [0, 0.05) is 24.6 Å². The van der Waals surface area contributed by atoms with Gasteiger partial charge >= 0.3 is 0 Å². The fraction of sp³-hybridized carbons (Fsp3) is 0.500. The van der Waals surface area contributed by atoms with E-state index < -0.39 is 0 Å². The van der Waals surface area contributed by atoms with Gasteiger partial charge in [-0.2, -0.15) is 0 Å². The first-order chi connectivity index (χ1) is 7.76. The highest BCUT2D eigenvalue weighted by Crippen LogP contribution is 2.21. The van der Waals surface area contributed by atoms with Gasteiger partial charge in [0.1, 0.15) is 0 Å². The largest absolute Gasteiger partial charge is 0.309 e. The van der Waals surface area contributed by atoms with E-state index in [1.54, 1.807) is 0 Å². The molecule has 0 aromatic heterocycles.